The zero-order valence-corrected chi connectivity index (χ0v) is 18.7. The Morgan fingerprint density at radius 3 is 2.46 bits per heavy atom. The molecule has 0 radical (unpaired) electrons. The largest absolute Gasteiger partial charge is 0.497 e. The van der Waals surface area contributed by atoms with Gasteiger partial charge in [0.25, 0.3) is 11.8 Å². The number of anilines is 3. The van der Waals surface area contributed by atoms with Gasteiger partial charge in [0.1, 0.15) is 23.3 Å². The van der Waals surface area contributed by atoms with Crippen molar-refractivity contribution in [1.29, 1.82) is 0 Å². The summed E-state index contributed by atoms with van der Waals surface area (Å²) < 4.78 is 18.5. The zero-order valence-electron chi connectivity index (χ0n) is 18.7. The summed E-state index contributed by atoms with van der Waals surface area (Å²) in [5.41, 5.74) is 6.97. The lowest BCUT2D eigenvalue weighted by Gasteiger charge is -2.20. The molecule has 4 N–H and O–H groups in total. The average Bonchev–Trinajstić information content (AvgIpc) is 3.31. The number of halogens is 1. The maximum absolute atomic E-state index is 13.3. The minimum atomic E-state index is -0.909. The van der Waals surface area contributed by atoms with E-state index in [0.717, 1.165) is 0 Å². The van der Waals surface area contributed by atoms with Gasteiger partial charge in [0.15, 0.2) is 0 Å². The molecule has 0 fully saturated rings. The zero-order chi connectivity index (χ0) is 24.9. The number of nitrogens with one attached hydrogen (secondary N) is 2. The number of benzene rings is 3. The number of methoxy groups -OCH3 is 1. The van der Waals surface area contributed by atoms with E-state index in [0.29, 0.717) is 17.1 Å². The molecule has 3 aromatic carbocycles. The highest BCUT2D eigenvalue weighted by Crippen LogP contribution is 2.26. The highest BCUT2D eigenvalue weighted by molar-refractivity contribution is 6.44. The summed E-state index contributed by atoms with van der Waals surface area (Å²) in [6.07, 6.45) is -0.0449. The number of carbonyl (C=O) groups excluding carboxylic acids is 3. The Kier molecular flexibility index (Phi) is 6.72. The third kappa shape index (κ3) is 5.27. The predicted molar refractivity (Wildman–Crippen MR) is 130 cm³/mol. The van der Waals surface area contributed by atoms with E-state index in [-0.39, 0.29) is 23.4 Å². The fraction of sp³-hybridized carbons (Fsp3) is 0.120. The lowest BCUT2D eigenvalue weighted by molar-refractivity contribution is -0.119. The SMILES string of the molecule is COc1cccc(NC(=O)c2ccccc2NC(=O)C2=NN(c3ccc(F)cc3)C(C(N)=O)C2)c1. The van der Waals surface area contributed by atoms with E-state index in [9.17, 15) is 18.8 Å². The molecule has 1 heterocycles. The Balaban J connectivity index is 1.54. The van der Waals surface area contributed by atoms with Crippen molar-refractivity contribution < 1.29 is 23.5 Å². The maximum Gasteiger partial charge on any atom is 0.271 e. The third-order valence-corrected chi connectivity index (χ3v) is 5.34. The quantitative estimate of drug-likeness (QED) is 0.484. The molecule has 10 heteroatoms. The van der Waals surface area contributed by atoms with Crippen molar-refractivity contribution in [1.82, 2.24) is 0 Å². The normalized spacial score (nSPS) is 14.7. The number of carbonyl (C=O) groups is 3. The number of hydrogen-bond donors (Lipinski definition) is 3. The molecule has 178 valence electrons. The first-order valence-electron chi connectivity index (χ1n) is 10.6. The van der Waals surface area contributed by atoms with E-state index in [2.05, 4.69) is 15.7 Å². The molecule has 0 spiro atoms. The van der Waals surface area contributed by atoms with Gasteiger partial charge in [-0.15, -0.1) is 0 Å². The Morgan fingerprint density at radius 1 is 1.00 bits per heavy atom. The molecule has 1 aliphatic heterocycles. The summed E-state index contributed by atoms with van der Waals surface area (Å²) in [6, 6.07) is 17.8. The summed E-state index contributed by atoms with van der Waals surface area (Å²) in [5, 5.41) is 11.0. The van der Waals surface area contributed by atoms with Crippen LogP contribution in [0.4, 0.5) is 21.5 Å². The van der Waals surface area contributed by atoms with Crippen LogP contribution < -0.4 is 26.1 Å². The number of hydrazone groups is 1. The van der Waals surface area contributed by atoms with Crippen LogP contribution in [0, 0.1) is 5.82 Å². The number of nitrogens with zero attached hydrogens (tertiary/aromatic N) is 2. The second-order valence-electron chi connectivity index (χ2n) is 7.68. The van der Waals surface area contributed by atoms with Crippen LogP contribution in [0.15, 0.2) is 77.9 Å². The van der Waals surface area contributed by atoms with Crippen LogP contribution in [0.5, 0.6) is 5.75 Å². The van der Waals surface area contributed by atoms with Crippen LogP contribution in [0.3, 0.4) is 0 Å². The molecule has 1 aliphatic rings. The molecule has 0 aromatic heterocycles. The highest BCUT2D eigenvalue weighted by atomic mass is 19.1. The predicted octanol–water partition coefficient (Wildman–Crippen LogP) is 3.15. The van der Waals surface area contributed by atoms with Crippen LogP contribution in [-0.2, 0) is 9.59 Å². The number of amides is 3. The molecular weight excluding hydrogens is 453 g/mol. The van der Waals surface area contributed by atoms with Crippen LogP contribution in [-0.4, -0.2) is 36.6 Å². The fourth-order valence-electron chi connectivity index (χ4n) is 3.58. The first-order chi connectivity index (χ1) is 16.9. The van der Waals surface area contributed by atoms with E-state index in [1.165, 1.54) is 36.4 Å². The Morgan fingerprint density at radius 2 is 1.74 bits per heavy atom. The summed E-state index contributed by atoms with van der Waals surface area (Å²) in [5.74, 6) is -1.58. The van der Waals surface area contributed by atoms with Crippen molar-refractivity contribution in [2.24, 2.45) is 10.8 Å². The van der Waals surface area contributed by atoms with E-state index < -0.39 is 29.6 Å². The van der Waals surface area contributed by atoms with Gasteiger partial charge in [-0.05, 0) is 48.5 Å². The number of ether oxygens (including phenoxy) is 1. The number of rotatable bonds is 7. The second-order valence-corrected chi connectivity index (χ2v) is 7.68. The number of para-hydroxylation sites is 1. The number of primary amides is 1. The van der Waals surface area contributed by atoms with Gasteiger partial charge in [-0.3, -0.25) is 19.4 Å². The maximum atomic E-state index is 13.3. The van der Waals surface area contributed by atoms with Crippen LogP contribution in [0.25, 0.3) is 0 Å². The Hall–Kier alpha value is -4.73. The molecule has 35 heavy (non-hydrogen) atoms. The van der Waals surface area contributed by atoms with E-state index >= 15 is 0 Å². The molecule has 4 rings (SSSR count). The smallest absolute Gasteiger partial charge is 0.271 e. The van der Waals surface area contributed by atoms with Gasteiger partial charge < -0.3 is 21.1 Å². The topological polar surface area (TPSA) is 126 Å². The minimum absolute atomic E-state index is 0.0427. The highest BCUT2D eigenvalue weighted by Gasteiger charge is 2.35. The van der Waals surface area contributed by atoms with Crippen molar-refractivity contribution in [2.45, 2.75) is 12.5 Å². The summed E-state index contributed by atoms with van der Waals surface area (Å²) >= 11 is 0. The molecule has 0 bridgehead atoms. The van der Waals surface area contributed by atoms with Crippen molar-refractivity contribution in [3.63, 3.8) is 0 Å². The van der Waals surface area contributed by atoms with E-state index in [1.54, 1.807) is 48.5 Å². The Bertz CT molecular complexity index is 1310. The van der Waals surface area contributed by atoms with Crippen LogP contribution in [0.1, 0.15) is 16.8 Å². The van der Waals surface area contributed by atoms with Gasteiger partial charge in [0, 0.05) is 18.2 Å². The molecule has 3 aromatic rings. The second kappa shape index (κ2) is 10.0. The average molecular weight is 475 g/mol. The van der Waals surface area contributed by atoms with Crippen molar-refractivity contribution in [3.8, 4) is 5.75 Å². The standard InChI is InChI=1S/C25H22FN5O4/c1-35-18-6-4-5-16(13-18)28-24(33)19-7-2-3-8-20(19)29-25(34)21-14-22(23(27)32)31(30-21)17-11-9-15(26)10-12-17/h2-13,22H,14H2,1H3,(H2,27,32)(H,28,33)(H,29,34). The van der Waals surface area contributed by atoms with Crippen molar-refractivity contribution in [3.05, 3.63) is 84.2 Å². The molecule has 0 saturated carbocycles. The molecule has 0 saturated heterocycles. The van der Waals surface area contributed by atoms with Gasteiger partial charge in [0.2, 0.25) is 5.91 Å². The van der Waals surface area contributed by atoms with E-state index in [4.69, 9.17) is 10.5 Å². The number of hydrogen-bond acceptors (Lipinski definition) is 6. The van der Waals surface area contributed by atoms with Gasteiger partial charge in [0.05, 0.1) is 24.0 Å². The molecule has 3 amide bonds. The first kappa shape index (κ1) is 23.4. The Labute approximate surface area is 200 Å². The molecule has 9 nitrogen and oxygen atoms in total. The molecule has 1 atom stereocenters. The first-order valence-corrected chi connectivity index (χ1v) is 10.6. The van der Waals surface area contributed by atoms with Gasteiger partial charge in [-0.2, -0.15) is 5.10 Å². The lowest BCUT2D eigenvalue weighted by atomic mass is 10.1. The molecule has 0 aliphatic carbocycles. The van der Waals surface area contributed by atoms with Crippen molar-refractivity contribution >= 4 is 40.5 Å². The molecular formula is C25H22FN5O4. The van der Waals surface area contributed by atoms with Gasteiger partial charge in [-0.25, -0.2) is 4.39 Å². The minimum Gasteiger partial charge on any atom is -0.497 e. The summed E-state index contributed by atoms with van der Waals surface area (Å²) in [6.45, 7) is 0. The lowest BCUT2D eigenvalue weighted by Crippen LogP contribution is -2.39. The summed E-state index contributed by atoms with van der Waals surface area (Å²) in [4.78, 5) is 37.9. The molecule has 1 unspecified atom stereocenters. The third-order valence-electron chi connectivity index (χ3n) is 5.34. The fourth-order valence-corrected chi connectivity index (χ4v) is 3.58. The summed E-state index contributed by atoms with van der Waals surface area (Å²) in [7, 11) is 1.53. The number of nitrogens with two attached hydrogens (primary N) is 1. The van der Waals surface area contributed by atoms with Crippen LogP contribution in [0.2, 0.25) is 0 Å². The van der Waals surface area contributed by atoms with Gasteiger partial charge in [-0.1, -0.05) is 18.2 Å². The van der Waals surface area contributed by atoms with Gasteiger partial charge >= 0.3 is 0 Å². The van der Waals surface area contributed by atoms with Crippen LogP contribution >= 0.6 is 0 Å². The van der Waals surface area contributed by atoms with E-state index in [1.807, 2.05) is 0 Å². The van der Waals surface area contributed by atoms with Crippen molar-refractivity contribution in [2.75, 3.05) is 22.8 Å². The monoisotopic (exact) mass is 475 g/mol.